The first kappa shape index (κ1) is 17.4. The number of benzene rings is 3. The minimum atomic E-state index is -0.456. The molecule has 0 unspecified atom stereocenters. The van der Waals surface area contributed by atoms with Gasteiger partial charge in [-0.15, -0.1) is 0 Å². The number of carbonyl (C=O) groups is 1. The predicted molar refractivity (Wildman–Crippen MR) is 108 cm³/mol. The summed E-state index contributed by atoms with van der Waals surface area (Å²) in [7, 11) is 0. The predicted octanol–water partition coefficient (Wildman–Crippen LogP) is 4.89. The van der Waals surface area contributed by atoms with Gasteiger partial charge in [0, 0.05) is 17.7 Å². The molecule has 0 amide bonds. The van der Waals surface area contributed by atoms with Crippen molar-refractivity contribution in [2.75, 3.05) is 0 Å². The third-order valence-electron chi connectivity index (χ3n) is 4.34. The Morgan fingerprint density at radius 3 is 2.29 bits per heavy atom. The van der Waals surface area contributed by atoms with E-state index < -0.39 is 4.92 Å². The Balaban J connectivity index is 1.83. The van der Waals surface area contributed by atoms with Crippen LogP contribution in [0.1, 0.15) is 21.7 Å². The normalized spacial score (nSPS) is 11.5. The number of aromatic nitrogens is 2. The van der Waals surface area contributed by atoms with Crippen molar-refractivity contribution in [1.82, 2.24) is 9.97 Å². The summed E-state index contributed by atoms with van der Waals surface area (Å²) >= 11 is 0. The smallest absolute Gasteiger partial charge is 0.269 e. The third kappa shape index (κ3) is 3.43. The van der Waals surface area contributed by atoms with Crippen molar-refractivity contribution in [3.63, 3.8) is 0 Å². The number of para-hydroxylation sites is 2. The molecule has 0 bridgehead atoms. The third-order valence-corrected chi connectivity index (χ3v) is 4.34. The average molecular weight is 369 g/mol. The maximum Gasteiger partial charge on any atom is 0.269 e. The van der Waals surface area contributed by atoms with E-state index in [-0.39, 0.29) is 11.5 Å². The van der Waals surface area contributed by atoms with E-state index in [0.717, 1.165) is 11.0 Å². The molecule has 0 aliphatic heterocycles. The van der Waals surface area contributed by atoms with Gasteiger partial charge >= 0.3 is 0 Å². The fourth-order valence-corrected chi connectivity index (χ4v) is 2.93. The summed E-state index contributed by atoms with van der Waals surface area (Å²) in [5.41, 5.74) is 3.18. The number of carbonyl (C=O) groups excluding carboxylic acids is 1. The zero-order valence-corrected chi connectivity index (χ0v) is 14.7. The summed E-state index contributed by atoms with van der Waals surface area (Å²) in [6.07, 6.45) is 1.69. The molecule has 0 atom stereocenters. The molecule has 0 radical (unpaired) electrons. The molecule has 28 heavy (non-hydrogen) atoms. The highest BCUT2D eigenvalue weighted by atomic mass is 16.6. The topological polar surface area (TPSA) is 88.9 Å². The number of hydrogen-bond donors (Lipinski definition) is 1. The Bertz CT molecular complexity index is 1160. The largest absolute Gasteiger partial charge is 0.338 e. The van der Waals surface area contributed by atoms with Crippen molar-refractivity contribution in [2.45, 2.75) is 0 Å². The van der Waals surface area contributed by atoms with E-state index >= 15 is 0 Å². The van der Waals surface area contributed by atoms with Crippen molar-refractivity contribution in [3.05, 3.63) is 106 Å². The Morgan fingerprint density at radius 2 is 1.61 bits per heavy atom. The molecule has 4 rings (SSSR count). The molecule has 6 heteroatoms. The number of non-ortho nitro benzene ring substituents is 1. The minimum absolute atomic E-state index is 0.00294. The molecule has 1 aromatic heterocycles. The number of nitro benzene ring substituents is 1. The van der Waals surface area contributed by atoms with Gasteiger partial charge < -0.3 is 4.98 Å². The highest BCUT2D eigenvalue weighted by molar-refractivity contribution is 6.31. The second-order valence-corrected chi connectivity index (χ2v) is 6.20. The lowest BCUT2D eigenvalue weighted by molar-refractivity contribution is -0.384. The summed E-state index contributed by atoms with van der Waals surface area (Å²) in [4.78, 5) is 31.3. The highest BCUT2D eigenvalue weighted by Gasteiger charge is 2.18. The van der Waals surface area contributed by atoms with Gasteiger partial charge in [0.05, 0.1) is 21.5 Å². The second-order valence-electron chi connectivity index (χ2n) is 6.20. The number of imidazole rings is 1. The van der Waals surface area contributed by atoms with Crippen molar-refractivity contribution in [3.8, 4) is 0 Å². The number of H-pyrrole nitrogens is 1. The fourth-order valence-electron chi connectivity index (χ4n) is 2.93. The number of aromatic amines is 1. The van der Waals surface area contributed by atoms with E-state index in [1.54, 1.807) is 42.5 Å². The first-order valence-corrected chi connectivity index (χ1v) is 8.63. The Kier molecular flexibility index (Phi) is 4.51. The van der Waals surface area contributed by atoms with Crippen LogP contribution in [0.5, 0.6) is 0 Å². The van der Waals surface area contributed by atoms with Crippen LogP contribution in [-0.4, -0.2) is 20.7 Å². The van der Waals surface area contributed by atoms with Gasteiger partial charge in [0.2, 0.25) is 0 Å². The first-order valence-electron chi connectivity index (χ1n) is 8.63. The molecule has 6 nitrogen and oxygen atoms in total. The van der Waals surface area contributed by atoms with Gasteiger partial charge in [0.25, 0.3) is 5.69 Å². The lowest BCUT2D eigenvalue weighted by Gasteiger charge is -2.05. The molecule has 0 fully saturated rings. The number of hydrogen-bond acceptors (Lipinski definition) is 4. The van der Waals surface area contributed by atoms with Crippen LogP contribution in [0.25, 0.3) is 22.7 Å². The number of Topliss-reactive ketones (excluding diaryl/α,β-unsaturated/α-hetero) is 1. The van der Waals surface area contributed by atoms with Crippen LogP contribution in [0.4, 0.5) is 5.69 Å². The SMILES string of the molecule is O=C(/C(=C/c1ccc([N+](=O)[O-])cc1)c1nc2ccccc2[nH]1)c1ccccc1. The Labute approximate surface area is 160 Å². The summed E-state index contributed by atoms with van der Waals surface area (Å²) in [5, 5.41) is 10.9. The Hall–Kier alpha value is -4.06. The maximum atomic E-state index is 13.2. The van der Waals surface area contributed by atoms with Gasteiger partial charge in [-0.1, -0.05) is 42.5 Å². The number of nitro groups is 1. The molecule has 1 N–H and O–H groups in total. The van der Waals surface area contributed by atoms with Crippen LogP contribution in [0.3, 0.4) is 0 Å². The number of nitrogens with zero attached hydrogens (tertiary/aromatic N) is 2. The molecule has 0 aliphatic carbocycles. The molecule has 3 aromatic carbocycles. The van der Waals surface area contributed by atoms with E-state index in [1.807, 2.05) is 30.3 Å². The summed E-state index contributed by atoms with van der Waals surface area (Å²) in [5.74, 6) is 0.270. The molecule has 1 heterocycles. The summed E-state index contributed by atoms with van der Waals surface area (Å²) < 4.78 is 0. The zero-order valence-electron chi connectivity index (χ0n) is 14.7. The summed E-state index contributed by atoms with van der Waals surface area (Å²) in [6, 6.07) is 22.5. The van der Waals surface area contributed by atoms with Crippen molar-refractivity contribution in [1.29, 1.82) is 0 Å². The van der Waals surface area contributed by atoms with E-state index in [0.29, 0.717) is 22.5 Å². The molecule has 4 aromatic rings. The lowest BCUT2D eigenvalue weighted by atomic mass is 10.0. The first-order chi connectivity index (χ1) is 13.6. The summed E-state index contributed by atoms with van der Waals surface area (Å²) in [6.45, 7) is 0. The second kappa shape index (κ2) is 7.28. The molecule has 0 aliphatic rings. The van der Waals surface area contributed by atoms with E-state index in [9.17, 15) is 14.9 Å². The molecule has 136 valence electrons. The maximum absolute atomic E-state index is 13.2. The van der Waals surface area contributed by atoms with Crippen LogP contribution in [0.2, 0.25) is 0 Å². The van der Waals surface area contributed by atoms with Crippen LogP contribution in [0.15, 0.2) is 78.9 Å². The molecule has 0 saturated heterocycles. The van der Waals surface area contributed by atoms with Crippen LogP contribution < -0.4 is 0 Å². The zero-order chi connectivity index (χ0) is 19.5. The number of ketones is 1. The number of nitrogens with one attached hydrogen (secondary N) is 1. The molecular formula is C22H15N3O3. The number of allylic oxidation sites excluding steroid dienone is 1. The van der Waals surface area contributed by atoms with Gasteiger partial charge in [-0.2, -0.15) is 0 Å². The van der Waals surface area contributed by atoms with Crippen LogP contribution in [0, 0.1) is 10.1 Å². The Morgan fingerprint density at radius 1 is 0.929 bits per heavy atom. The molecule has 0 spiro atoms. The van der Waals surface area contributed by atoms with Crippen LogP contribution >= 0.6 is 0 Å². The van der Waals surface area contributed by atoms with Gasteiger partial charge in [0.15, 0.2) is 5.78 Å². The average Bonchev–Trinajstić information content (AvgIpc) is 3.16. The fraction of sp³-hybridized carbons (Fsp3) is 0. The van der Waals surface area contributed by atoms with Gasteiger partial charge in [-0.3, -0.25) is 14.9 Å². The molecule has 0 saturated carbocycles. The van der Waals surface area contributed by atoms with Gasteiger partial charge in [-0.05, 0) is 35.9 Å². The van der Waals surface area contributed by atoms with Crippen molar-refractivity contribution < 1.29 is 9.72 Å². The van der Waals surface area contributed by atoms with Crippen molar-refractivity contribution >= 4 is 34.2 Å². The quantitative estimate of drug-likeness (QED) is 0.235. The molecular weight excluding hydrogens is 354 g/mol. The van der Waals surface area contributed by atoms with E-state index in [1.165, 1.54) is 12.1 Å². The number of fused-ring (bicyclic) bond motifs is 1. The monoisotopic (exact) mass is 369 g/mol. The van der Waals surface area contributed by atoms with E-state index in [2.05, 4.69) is 9.97 Å². The van der Waals surface area contributed by atoms with E-state index in [4.69, 9.17) is 0 Å². The standard InChI is InChI=1S/C22H15N3O3/c26-21(16-6-2-1-3-7-16)18(14-15-10-12-17(13-11-15)25(27)28)22-23-19-8-4-5-9-20(19)24-22/h1-14H,(H,23,24)/b18-14-. The van der Waals surface area contributed by atoms with Gasteiger partial charge in [-0.25, -0.2) is 4.98 Å². The van der Waals surface area contributed by atoms with Gasteiger partial charge in [0.1, 0.15) is 5.82 Å². The van der Waals surface area contributed by atoms with Crippen LogP contribution in [-0.2, 0) is 0 Å². The van der Waals surface area contributed by atoms with Crippen molar-refractivity contribution in [2.24, 2.45) is 0 Å². The lowest BCUT2D eigenvalue weighted by Crippen LogP contribution is -2.04. The highest BCUT2D eigenvalue weighted by Crippen LogP contribution is 2.24. The minimum Gasteiger partial charge on any atom is -0.338 e. The number of rotatable bonds is 5.